The third-order valence-corrected chi connectivity index (χ3v) is 6.22. The van der Waals surface area contributed by atoms with Crippen LogP contribution in [0.25, 0.3) is 0 Å². The van der Waals surface area contributed by atoms with Crippen LogP contribution in [0.15, 0.2) is 0 Å². The van der Waals surface area contributed by atoms with Crippen LogP contribution in [0.1, 0.15) is 47.0 Å². The second-order valence-corrected chi connectivity index (χ2v) is 7.70. The number of hydrogen-bond donors (Lipinski definition) is 3. The Morgan fingerprint density at radius 2 is 1.79 bits per heavy atom. The summed E-state index contributed by atoms with van der Waals surface area (Å²) in [5, 5.41) is 32.3. The molecule has 0 aromatic heterocycles. The average Bonchev–Trinajstić information content (AvgIpc) is 2.86. The van der Waals surface area contributed by atoms with Gasteiger partial charge in [0.1, 0.15) is 6.10 Å². The first-order valence-corrected chi connectivity index (χ1v) is 7.41. The lowest BCUT2D eigenvalue weighted by molar-refractivity contribution is -0.138. The minimum Gasteiger partial charge on any atom is -0.393 e. The van der Waals surface area contributed by atoms with Crippen LogP contribution in [-0.4, -0.2) is 44.8 Å². The molecule has 4 heteroatoms. The van der Waals surface area contributed by atoms with Crippen LogP contribution in [0, 0.1) is 17.3 Å². The predicted molar refractivity (Wildman–Crippen MR) is 70.5 cm³/mol. The maximum absolute atomic E-state index is 11.0. The van der Waals surface area contributed by atoms with Gasteiger partial charge in [-0.1, -0.05) is 20.8 Å². The van der Waals surface area contributed by atoms with E-state index in [1.54, 1.807) is 0 Å². The third-order valence-electron chi connectivity index (χ3n) is 6.22. The van der Waals surface area contributed by atoms with Crippen LogP contribution < -0.4 is 0 Å². The number of fused-ring (bicyclic) bond motifs is 2. The number of ether oxygens (including phenoxy) is 1. The summed E-state index contributed by atoms with van der Waals surface area (Å²) in [5.41, 5.74) is -1.76. The largest absolute Gasteiger partial charge is 0.393 e. The first-order chi connectivity index (χ1) is 8.65. The van der Waals surface area contributed by atoms with E-state index in [2.05, 4.69) is 0 Å². The molecule has 0 amide bonds. The number of rotatable bonds is 1. The summed E-state index contributed by atoms with van der Waals surface area (Å²) in [6.45, 7) is 7.94. The highest BCUT2D eigenvalue weighted by atomic mass is 16.6. The molecule has 19 heavy (non-hydrogen) atoms. The fraction of sp³-hybridized carbons (Fsp3) is 1.00. The van der Waals surface area contributed by atoms with Crippen molar-refractivity contribution in [3.8, 4) is 0 Å². The quantitative estimate of drug-likeness (QED) is 0.623. The van der Waals surface area contributed by atoms with Gasteiger partial charge in [-0.25, -0.2) is 0 Å². The average molecular weight is 270 g/mol. The zero-order valence-electron chi connectivity index (χ0n) is 12.3. The van der Waals surface area contributed by atoms with Gasteiger partial charge in [0.25, 0.3) is 0 Å². The minimum absolute atomic E-state index is 0.0735. The molecule has 0 aromatic carbocycles. The van der Waals surface area contributed by atoms with E-state index < -0.39 is 28.8 Å². The van der Waals surface area contributed by atoms with Gasteiger partial charge in [-0.15, -0.1) is 0 Å². The molecular weight excluding hydrogens is 244 g/mol. The second kappa shape index (κ2) is 3.73. The van der Waals surface area contributed by atoms with E-state index in [1.165, 1.54) is 0 Å². The molecule has 7 unspecified atom stereocenters. The Kier molecular flexibility index (Phi) is 2.71. The van der Waals surface area contributed by atoms with Crippen molar-refractivity contribution >= 4 is 0 Å². The van der Waals surface area contributed by atoms with Gasteiger partial charge >= 0.3 is 0 Å². The fourth-order valence-electron chi connectivity index (χ4n) is 4.80. The van der Waals surface area contributed by atoms with Crippen LogP contribution in [0.5, 0.6) is 0 Å². The number of aliphatic hydroxyl groups excluding tert-OH is 2. The highest BCUT2D eigenvalue weighted by molar-refractivity contribution is 5.19. The van der Waals surface area contributed by atoms with Crippen LogP contribution in [-0.2, 0) is 4.74 Å². The number of hydrogen-bond acceptors (Lipinski definition) is 4. The van der Waals surface area contributed by atoms with E-state index in [4.69, 9.17) is 4.74 Å². The highest BCUT2D eigenvalue weighted by Crippen LogP contribution is 2.62. The molecule has 1 aliphatic heterocycles. The van der Waals surface area contributed by atoms with Gasteiger partial charge in [0.2, 0.25) is 0 Å². The molecule has 3 N–H and O–H groups in total. The standard InChI is InChI=1S/C15H26O4/c1-8(2)15(18)6-5-13(3)10(15)9(16)7-14(4)12(19-14)11(13)17/h8-12,16-18H,5-7H2,1-4H3. The van der Waals surface area contributed by atoms with E-state index in [1.807, 2.05) is 27.7 Å². The molecule has 110 valence electrons. The molecule has 4 nitrogen and oxygen atoms in total. The summed E-state index contributed by atoms with van der Waals surface area (Å²) in [5.74, 6) is -0.201. The number of aliphatic hydroxyl groups is 3. The second-order valence-electron chi connectivity index (χ2n) is 7.70. The first kappa shape index (κ1) is 13.8. The summed E-state index contributed by atoms with van der Waals surface area (Å²) in [7, 11) is 0. The van der Waals surface area contributed by atoms with E-state index in [-0.39, 0.29) is 17.9 Å². The monoisotopic (exact) mass is 270 g/mol. The van der Waals surface area contributed by atoms with Gasteiger partial charge in [-0.2, -0.15) is 0 Å². The van der Waals surface area contributed by atoms with Crippen molar-refractivity contribution in [3.05, 3.63) is 0 Å². The van der Waals surface area contributed by atoms with Crippen molar-refractivity contribution in [2.45, 2.75) is 76.5 Å². The Hall–Kier alpha value is -0.160. The summed E-state index contributed by atoms with van der Waals surface area (Å²) in [6.07, 6.45) is 0.472. The molecule has 3 rings (SSSR count). The van der Waals surface area contributed by atoms with Gasteiger partial charge in [-0.05, 0) is 25.7 Å². The molecular formula is C15H26O4. The Morgan fingerprint density at radius 3 is 2.37 bits per heavy atom. The van der Waals surface area contributed by atoms with Crippen molar-refractivity contribution in [1.82, 2.24) is 0 Å². The van der Waals surface area contributed by atoms with E-state index >= 15 is 0 Å². The molecule has 3 aliphatic rings. The Bertz CT molecular complexity index is 398. The lowest BCUT2D eigenvalue weighted by Gasteiger charge is -2.44. The smallest absolute Gasteiger partial charge is 0.113 e. The van der Waals surface area contributed by atoms with Crippen LogP contribution in [0.2, 0.25) is 0 Å². The molecule has 1 saturated heterocycles. The molecule has 0 bridgehead atoms. The van der Waals surface area contributed by atoms with E-state index in [9.17, 15) is 15.3 Å². The maximum atomic E-state index is 11.0. The highest BCUT2D eigenvalue weighted by Gasteiger charge is 2.71. The van der Waals surface area contributed by atoms with Gasteiger partial charge in [0.15, 0.2) is 0 Å². The van der Waals surface area contributed by atoms with Gasteiger partial charge in [-0.3, -0.25) is 0 Å². The van der Waals surface area contributed by atoms with E-state index in [0.717, 1.165) is 6.42 Å². The van der Waals surface area contributed by atoms with Crippen LogP contribution >= 0.6 is 0 Å². The molecule has 3 fully saturated rings. The van der Waals surface area contributed by atoms with Gasteiger partial charge in [0, 0.05) is 17.8 Å². The normalized spacial score (nSPS) is 60.6. The van der Waals surface area contributed by atoms with Crippen molar-refractivity contribution in [2.75, 3.05) is 0 Å². The van der Waals surface area contributed by atoms with Crippen molar-refractivity contribution in [2.24, 2.45) is 17.3 Å². The topological polar surface area (TPSA) is 73.2 Å². The third kappa shape index (κ3) is 1.60. The fourth-order valence-corrected chi connectivity index (χ4v) is 4.80. The lowest BCUT2D eigenvalue weighted by atomic mass is 9.66. The molecule has 1 heterocycles. The summed E-state index contributed by atoms with van der Waals surface area (Å²) < 4.78 is 5.64. The Balaban J connectivity index is 2.03. The van der Waals surface area contributed by atoms with Gasteiger partial charge in [0.05, 0.1) is 23.4 Å². The van der Waals surface area contributed by atoms with Crippen LogP contribution in [0.3, 0.4) is 0 Å². The van der Waals surface area contributed by atoms with Crippen molar-refractivity contribution < 1.29 is 20.1 Å². The molecule has 2 aliphatic carbocycles. The number of epoxide rings is 1. The zero-order valence-corrected chi connectivity index (χ0v) is 12.3. The summed E-state index contributed by atoms with van der Waals surface area (Å²) >= 11 is 0. The van der Waals surface area contributed by atoms with E-state index in [0.29, 0.717) is 12.8 Å². The van der Waals surface area contributed by atoms with Crippen molar-refractivity contribution in [3.63, 3.8) is 0 Å². The zero-order chi connectivity index (χ0) is 14.2. The molecule has 0 aromatic rings. The molecule has 2 saturated carbocycles. The summed E-state index contributed by atoms with van der Waals surface area (Å²) in [4.78, 5) is 0. The SMILES string of the molecule is CC(C)C1(O)CCC2(C)C(O)C3OC3(C)CC(O)C21. The Morgan fingerprint density at radius 1 is 1.16 bits per heavy atom. The van der Waals surface area contributed by atoms with Crippen LogP contribution in [0.4, 0.5) is 0 Å². The first-order valence-electron chi connectivity index (χ1n) is 7.41. The molecule has 7 atom stereocenters. The lowest BCUT2D eigenvalue weighted by Crippen LogP contribution is -2.52. The minimum atomic E-state index is -0.887. The molecule has 0 spiro atoms. The van der Waals surface area contributed by atoms with Crippen molar-refractivity contribution in [1.29, 1.82) is 0 Å². The maximum Gasteiger partial charge on any atom is 0.113 e. The molecule has 0 radical (unpaired) electrons. The Labute approximate surface area is 114 Å². The predicted octanol–water partition coefficient (Wildman–Crippen LogP) is 1.07. The summed E-state index contributed by atoms with van der Waals surface area (Å²) in [6, 6.07) is 0. The van der Waals surface area contributed by atoms with Gasteiger partial charge < -0.3 is 20.1 Å².